The van der Waals surface area contributed by atoms with Gasteiger partial charge >= 0.3 is 0 Å². The van der Waals surface area contributed by atoms with Gasteiger partial charge in [0.25, 0.3) is 0 Å². The van der Waals surface area contributed by atoms with E-state index in [1.165, 1.54) is 13.8 Å². The van der Waals surface area contributed by atoms with E-state index < -0.39 is 28.5 Å². The van der Waals surface area contributed by atoms with Crippen molar-refractivity contribution in [2.45, 2.75) is 111 Å². The van der Waals surface area contributed by atoms with Crippen LogP contribution in [0.4, 0.5) is 0 Å². The van der Waals surface area contributed by atoms with Gasteiger partial charge in [-0.1, -0.05) is 32.9 Å². The molecule has 1 heterocycles. The summed E-state index contributed by atoms with van der Waals surface area (Å²) in [5, 5.41) is 20.7. The van der Waals surface area contributed by atoms with Crippen molar-refractivity contribution in [1.82, 2.24) is 0 Å². The van der Waals surface area contributed by atoms with Gasteiger partial charge in [0.15, 0.2) is 5.78 Å². The van der Waals surface area contributed by atoms with E-state index in [0.717, 1.165) is 38.7 Å². The van der Waals surface area contributed by atoms with Crippen LogP contribution >= 0.6 is 0 Å². The first kappa shape index (κ1) is 25.6. The van der Waals surface area contributed by atoms with Gasteiger partial charge in [-0.15, -0.1) is 0 Å². The third-order valence-corrected chi connectivity index (χ3v) is 12.4. The van der Waals surface area contributed by atoms with Crippen LogP contribution in [0.15, 0.2) is 12.2 Å². The molecule has 5 rings (SSSR count). The molecule has 0 radical (unpaired) electrons. The smallest absolute Gasteiger partial charge is 0.192 e. The maximum absolute atomic E-state index is 12.9. The maximum Gasteiger partial charge on any atom is 0.192 e. The van der Waals surface area contributed by atoms with Crippen molar-refractivity contribution in [1.29, 1.82) is 0 Å². The van der Waals surface area contributed by atoms with Gasteiger partial charge in [-0.2, -0.15) is 0 Å². The van der Waals surface area contributed by atoms with Crippen LogP contribution < -0.4 is 0 Å². The number of allylic oxidation sites excluding steroid dienone is 1. The lowest BCUT2D eigenvalue weighted by Crippen LogP contribution is -2.64. The summed E-state index contributed by atoms with van der Waals surface area (Å²) in [4.78, 5) is 25.4. The van der Waals surface area contributed by atoms with E-state index in [0.29, 0.717) is 36.4 Å². The lowest BCUT2D eigenvalue weighted by Gasteiger charge is -2.64. The Labute approximate surface area is 211 Å². The van der Waals surface area contributed by atoms with E-state index >= 15 is 0 Å². The summed E-state index contributed by atoms with van der Waals surface area (Å²) in [6.07, 6.45) is 10.1. The Kier molecular flexibility index (Phi) is 5.49. The van der Waals surface area contributed by atoms with Crippen molar-refractivity contribution in [3.05, 3.63) is 12.2 Å². The van der Waals surface area contributed by atoms with Crippen molar-refractivity contribution >= 4 is 11.6 Å². The molecule has 2 N–H and O–H groups in total. The standard InChI is InChI=1S/C30H46O5/c1-18(16-20(31)24(33)26(4,5)34)19-10-12-28(7)21-11-13-30-22(8-9-23(32)25(30,2)3)29(21,17-35-30)15-14-27(19,28)6/h11,13,18-22,31,34H,8-10,12,14-17H2,1-7H3/t18-,19-,20?,21+,22+,27-,28+,29+,30-/m1/s1. The summed E-state index contributed by atoms with van der Waals surface area (Å²) in [6.45, 7) is 15.0. The third-order valence-electron chi connectivity index (χ3n) is 12.4. The number of ketones is 2. The number of aliphatic hydroxyl groups excluding tert-OH is 1. The minimum atomic E-state index is -1.51. The maximum atomic E-state index is 12.9. The number of hydrogen-bond donors (Lipinski definition) is 2. The molecule has 1 spiro atoms. The zero-order chi connectivity index (χ0) is 25.8. The molecule has 5 heteroatoms. The number of fused-ring (bicyclic) bond motifs is 2. The van der Waals surface area contributed by atoms with Crippen molar-refractivity contribution in [2.24, 2.45) is 45.3 Å². The summed E-state index contributed by atoms with van der Waals surface area (Å²) >= 11 is 0. The van der Waals surface area contributed by atoms with Crippen LogP contribution in [0.2, 0.25) is 0 Å². The fourth-order valence-corrected chi connectivity index (χ4v) is 10.1. The second-order valence-electron chi connectivity index (χ2n) is 14.4. The first-order valence-corrected chi connectivity index (χ1v) is 13.9. The highest BCUT2D eigenvalue weighted by atomic mass is 16.5. The molecule has 2 bridgehead atoms. The zero-order valence-electron chi connectivity index (χ0n) is 22.8. The highest BCUT2D eigenvalue weighted by Gasteiger charge is 2.75. The van der Waals surface area contributed by atoms with Crippen LogP contribution in [0.1, 0.15) is 93.4 Å². The minimum Gasteiger partial charge on any atom is -0.385 e. The van der Waals surface area contributed by atoms with E-state index in [-0.39, 0.29) is 22.2 Å². The van der Waals surface area contributed by atoms with Crippen LogP contribution in [0.5, 0.6) is 0 Å². The molecule has 4 aliphatic carbocycles. The average molecular weight is 487 g/mol. The molecule has 196 valence electrons. The molecule has 4 fully saturated rings. The van der Waals surface area contributed by atoms with Gasteiger partial charge < -0.3 is 14.9 Å². The zero-order valence-corrected chi connectivity index (χ0v) is 22.8. The molecule has 0 aromatic heterocycles. The number of hydrogen-bond acceptors (Lipinski definition) is 5. The molecule has 5 nitrogen and oxygen atoms in total. The van der Waals surface area contributed by atoms with Gasteiger partial charge in [-0.25, -0.2) is 0 Å². The van der Waals surface area contributed by atoms with Gasteiger partial charge in [0.05, 0.1) is 12.0 Å². The van der Waals surface area contributed by atoms with Crippen LogP contribution in [-0.4, -0.2) is 45.7 Å². The lowest BCUT2D eigenvalue weighted by atomic mass is 9.38. The number of ether oxygens (including phenoxy) is 1. The first-order valence-electron chi connectivity index (χ1n) is 13.9. The van der Waals surface area contributed by atoms with Crippen LogP contribution in [-0.2, 0) is 14.3 Å². The second kappa shape index (κ2) is 7.51. The predicted octanol–water partition coefficient (Wildman–Crippen LogP) is 4.88. The molecule has 1 unspecified atom stereocenters. The van der Waals surface area contributed by atoms with Crippen LogP contribution in [0.25, 0.3) is 0 Å². The lowest BCUT2D eigenvalue weighted by molar-refractivity contribution is -0.159. The average Bonchev–Trinajstić information content (AvgIpc) is 3.16. The number of Topliss-reactive ketones (excluding diaryl/α,β-unsaturated/α-hetero) is 2. The first-order chi connectivity index (χ1) is 16.1. The van der Waals surface area contributed by atoms with E-state index in [9.17, 15) is 19.8 Å². The normalized spacial score (nSPS) is 47.6. The molecule has 35 heavy (non-hydrogen) atoms. The molecule has 0 aromatic rings. The predicted molar refractivity (Wildman–Crippen MR) is 135 cm³/mol. The topological polar surface area (TPSA) is 83.8 Å². The Morgan fingerprint density at radius 2 is 1.83 bits per heavy atom. The van der Waals surface area contributed by atoms with Crippen molar-refractivity contribution in [3.63, 3.8) is 0 Å². The fraction of sp³-hybridized carbons (Fsp3) is 0.867. The highest BCUT2D eigenvalue weighted by Crippen LogP contribution is 2.77. The van der Waals surface area contributed by atoms with Gasteiger partial charge in [-0.05, 0) is 94.8 Å². The van der Waals surface area contributed by atoms with E-state index in [1.807, 2.05) is 0 Å². The Balaban J connectivity index is 1.45. The number of aliphatic hydroxyl groups is 2. The number of carbonyl (C=O) groups excluding carboxylic acids is 2. The van der Waals surface area contributed by atoms with Crippen LogP contribution in [0.3, 0.4) is 0 Å². The van der Waals surface area contributed by atoms with Gasteiger partial charge in [0.2, 0.25) is 0 Å². The molecule has 1 aliphatic heterocycles. The molecule has 3 saturated carbocycles. The van der Waals surface area contributed by atoms with E-state index in [4.69, 9.17) is 4.74 Å². The largest absolute Gasteiger partial charge is 0.385 e. The summed E-state index contributed by atoms with van der Waals surface area (Å²) in [6, 6.07) is 0. The minimum absolute atomic E-state index is 0.0928. The second-order valence-corrected chi connectivity index (χ2v) is 14.4. The Morgan fingerprint density at radius 3 is 2.49 bits per heavy atom. The van der Waals surface area contributed by atoms with Gasteiger partial charge in [0.1, 0.15) is 23.1 Å². The SMILES string of the molecule is C[C@H](CC(O)C(=O)C(C)(C)O)[C@H]1CC[C@@]2(C)[C@@H]3C=C[C@@]45OC[C@]3(CC[C@]12C)[C@@H]4CCC(=O)C5(C)C. The van der Waals surface area contributed by atoms with E-state index in [2.05, 4.69) is 46.8 Å². The van der Waals surface area contributed by atoms with Gasteiger partial charge in [0, 0.05) is 17.8 Å². The summed E-state index contributed by atoms with van der Waals surface area (Å²) < 4.78 is 6.72. The Morgan fingerprint density at radius 1 is 1.14 bits per heavy atom. The molecule has 0 amide bonds. The van der Waals surface area contributed by atoms with E-state index in [1.54, 1.807) is 0 Å². The molecular weight excluding hydrogens is 440 g/mol. The van der Waals surface area contributed by atoms with Crippen molar-refractivity contribution < 1.29 is 24.5 Å². The van der Waals surface area contributed by atoms with Crippen molar-refractivity contribution in [3.8, 4) is 0 Å². The Hall–Kier alpha value is -1.04. The van der Waals surface area contributed by atoms with Crippen molar-refractivity contribution in [2.75, 3.05) is 6.61 Å². The van der Waals surface area contributed by atoms with Crippen LogP contribution in [0, 0.1) is 45.3 Å². The quantitative estimate of drug-likeness (QED) is 0.541. The molecule has 0 aromatic carbocycles. The fourth-order valence-electron chi connectivity index (χ4n) is 10.1. The number of rotatable bonds is 5. The molecule has 1 saturated heterocycles. The summed E-state index contributed by atoms with van der Waals surface area (Å²) in [5.41, 5.74) is -2.16. The molecule has 9 atom stereocenters. The third kappa shape index (κ3) is 3.04. The summed E-state index contributed by atoms with van der Waals surface area (Å²) in [5.74, 6) is 1.26. The Bertz CT molecular complexity index is 960. The molecular formula is C30H46O5. The highest BCUT2D eigenvalue weighted by molar-refractivity contribution is 5.90. The van der Waals surface area contributed by atoms with Gasteiger partial charge in [-0.3, -0.25) is 9.59 Å². The number of carbonyl (C=O) groups is 2. The summed E-state index contributed by atoms with van der Waals surface area (Å²) in [7, 11) is 0. The molecule has 5 aliphatic rings. The monoisotopic (exact) mass is 486 g/mol.